The number of piperidine rings is 1. The van der Waals surface area contributed by atoms with Crippen molar-refractivity contribution in [2.75, 3.05) is 33.3 Å². The van der Waals surface area contributed by atoms with Gasteiger partial charge in [-0.05, 0) is 46.5 Å². The number of aliphatic hydroxyl groups is 1. The van der Waals surface area contributed by atoms with E-state index in [-0.39, 0.29) is 12.5 Å². The molecule has 1 saturated heterocycles. The zero-order chi connectivity index (χ0) is 19.1. The molecule has 7 nitrogen and oxygen atoms in total. The van der Waals surface area contributed by atoms with Crippen LogP contribution in [0.1, 0.15) is 63.0 Å². The number of amides is 1. The van der Waals surface area contributed by atoms with E-state index in [0.29, 0.717) is 24.3 Å². The Morgan fingerprint density at radius 3 is 2.73 bits per heavy atom. The van der Waals surface area contributed by atoms with Gasteiger partial charge in [-0.3, -0.25) is 4.79 Å². The Bertz CT molecular complexity index is 601. The number of rotatable bonds is 8. The molecule has 2 heterocycles. The zero-order valence-electron chi connectivity index (χ0n) is 16.6. The normalized spacial score (nSPS) is 17.1. The van der Waals surface area contributed by atoms with Crippen molar-refractivity contribution in [2.45, 2.75) is 58.5 Å². The lowest BCUT2D eigenvalue weighted by atomic mass is 10.0. The molecule has 1 aliphatic rings. The van der Waals surface area contributed by atoms with Crippen LogP contribution in [0, 0.1) is 0 Å². The Labute approximate surface area is 156 Å². The van der Waals surface area contributed by atoms with E-state index in [2.05, 4.69) is 42.1 Å². The fraction of sp³-hybridized carbons (Fsp3) is 0.737. The van der Waals surface area contributed by atoms with Gasteiger partial charge in [-0.2, -0.15) is 0 Å². The molecule has 1 aliphatic heterocycles. The molecule has 1 N–H and O–H groups in total. The van der Waals surface area contributed by atoms with Crippen LogP contribution in [0.15, 0.2) is 17.8 Å². The Kier molecular flexibility index (Phi) is 7.78. The Balaban J connectivity index is 1.84. The fourth-order valence-corrected chi connectivity index (χ4v) is 3.39. The highest BCUT2D eigenvalue weighted by atomic mass is 16.3. The van der Waals surface area contributed by atoms with Crippen molar-refractivity contribution in [3.05, 3.63) is 23.5 Å². The minimum atomic E-state index is -0.198. The molecule has 7 heteroatoms. The van der Waals surface area contributed by atoms with Crippen molar-refractivity contribution in [2.24, 2.45) is 0 Å². The van der Waals surface area contributed by atoms with Crippen molar-refractivity contribution in [3.63, 3.8) is 0 Å². The van der Waals surface area contributed by atoms with E-state index in [0.717, 1.165) is 32.4 Å². The third kappa shape index (κ3) is 5.64. The van der Waals surface area contributed by atoms with Crippen LogP contribution in [0.4, 0.5) is 0 Å². The van der Waals surface area contributed by atoms with Crippen molar-refractivity contribution >= 4 is 5.91 Å². The minimum Gasteiger partial charge on any atom is -0.395 e. The minimum absolute atomic E-state index is 0.0549. The highest BCUT2D eigenvalue weighted by Gasteiger charge is 2.25. The molecule has 0 bridgehead atoms. The van der Waals surface area contributed by atoms with E-state index in [4.69, 9.17) is 5.11 Å². The molecule has 146 valence electrons. The van der Waals surface area contributed by atoms with Crippen LogP contribution in [0.5, 0.6) is 0 Å². The summed E-state index contributed by atoms with van der Waals surface area (Å²) in [5, 5.41) is 17.1. The number of nitrogens with zero attached hydrogens (tertiary/aromatic N) is 5. The highest BCUT2D eigenvalue weighted by molar-refractivity contribution is 5.91. The average molecular weight is 364 g/mol. The summed E-state index contributed by atoms with van der Waals surface area (Å²) in [5.74, 6) is -0.198. The second-order valence-corrected chi connectivity index (χ2v) is 7.51. The molecular formula is C19H33N5O2. The van der Waals surface area contributed by atoms with Crippen molar-refractivity contribution in [1.82, 2.24) is 24.8 Å². The molecule has 1 atom stereocenters. The molecule has 1 aromatic rings. The number of carbonyl (C=O) groups excluding carboxylic acids is 1. The van der Waals surface area contributed by atoms with Crippen LogP contribution in [-0.4, -0.2) is 75.1 Å². The quantitative estimate of drug-likeness (QED) is 0.716. The summed E-state index contributed by atoms with van der Waals surface area (Å²) in [5.41, 5.74) is 1.73. The smallest absolute Gasteiger partial charge is 0.275 e. The number of aromatic nitrogens is 3. The van der Waals surface area contributed by atoms with E-state index in [9.17, 15) is 4.79 Å². The molecule has 26 heavy (non-hydrogen) atoms. The average Bonchev–Trinajstić information content (AvgIpc) is 3.11. The highest BCUT2D eigenvalue weighted by Crippen LogP contribution is 2.24. The zero-order valence-corrected chi connectivity index (χ0v) is 16.6. The summed E-state index contributed by atoms with van der Waals surface area (Å²) >= 11 is 0. The van der Waals surface area contributed by atoms with Gasteiger partial charge in [0.15, 0.2) is 5.69 Å². The summed E-state index contributed by atoms with van der Waals surface area (Å²) in [6, 6.07) is 0.889. The molecule has 1 aromatic heterocycles. The first-order valence-electron chi connectivity index (χ1n) is 9.58. The van der Waals surface area contributed by atoms with Crippen LogP contribution < -0.4 is 0 Å². The number of likely N-dealkylation sites (tertiary alicyclic amines) is 1. The maximum absolute atomic E-state index is 12.2. The fourth-order valence-electron chi connectivity index (χ4n) is 3.39. The number of hydrogen-bond acceptors (Lipinski definition) is 5. The van der Waals surface area contributed by atoms with Gasteiger partial charge in [0.2, 0.25) is 0 Å². The lowest BCUT2D eigenvalue weighted by Crippen LogP contribution is -2.40. The number of allylic oxidation sites excluding steroid dienone is 2. The summed E-state index contributed by atoms with van der Waals surface area (Å²) in [6.45, 7) is 8.95. The molecule has 2 rings (SSSR count). The van der Waals surface area contributed by atoms with E-state index < -0.39 is 0 Å². The Morgan fingerprint density at radius 2 is 2.12 bits per heavy atom. The summed E-state index contributed by atoms with van der Waals surface area (Å²) in [6.07, 6.45) is 8.43. The molecule has 0 aromatic carbocycles. The van der Waals surface area contributed by atoms with Gasteiger partial charge in [0.1, 0.15) is 0 Å². The summed E-state index contributed by atoms with van der Waals surface area (Å²) < 4.78 is 1.84. The van der Waals surface area contributed by atoms with Gasteiger partial charge in [-0.1, -0.05) is 16.9 Å². The molecule has 1 amide bonds. The van der Waals surface area contributed by atoms with Crippen molar-refractivity contribution in [1.29, 1.82) is 0 Å². The van der Waals surface area contributed by atoms with Gasteiger partial charge in [-0.15, -0.1) is 5.10 Å². The molecule has 0 saturated carbocycles. The number of aliphatic hydroxyl groups excluding tert-OH is 1. The van der Waals surface area contributed by atoms with Gasteiger partial charge < -0.3 is 14.9 Å². The standard InChI is InChI=1S/C19H33N5O2/c1-15(2)6-5-7-16(3)23-10-8-17(9-11-23)24-14-18(20-21-24)19(26)22(4)12-13-25/h6,14,16-17,25H,5,7-13H2,1-4H3/t16-/m0/s1. The van der Waals surface area contributed by atoms with Gasteiger partial charge in [0, 0.05) is 32.7 Å². The van der Waals surface area contributed by atoms with Crippen LogP contribution in [0.25, 0.3) is 0 Å². The molecule has 0 aliphatic carbocycles. The summed E-state index contributed by atoms with van der Waals surface area (Å²) in [4.78, 5) is 16.2. The van der Waals surface area contributed by atoms with Gasteiger partial charge in [-0.25, -0.2) is 4.68 Å². The largest absolute Gasteiger partial charge is 0.395 e. The van der Waals surface area contributed by atoms with Crippen molar-refractivity contribution < 1.29 is 9.90 Å². The first kappa shape index (κ1) is 20.6. The molecular weight excluding hydrogens is 330 g/mol. The third-order valence-electron chi connectivity index (χ3n) is 5.15. The third-order valence-corrected chi connectivity index (χ3v) is 5.15. The first-order valence-corrected chi connectivity index (χ1v) is 9.58. The van der Waals surface area contributed by atoms with E-state index in [1.165, 1.54) is 16.9 Å². The van der Waals surface area contributed by atoms with Gasteiger partial charge in [0.25, 0.3) is 5.91 Å². The molecule has 0 unspecified atom stereocenters. The Hall–Kier alpha value is -1.73. The predicted molar refractivity (Wildman–Crippen MR) is 102 cm³/mol. The number of likely N-dealkylation sites (N-methyl/N-ethyl adjacent to an activating group) is 1. The van der Waals surface area contributed by atoms with Gasteiger partial charge >= 0.3 is 0 Å². The first-order chi connectivity index (χ1) is 12.4. The van der Waals surface area contributed by atoms with Crippen molar-refractivity contribution in [3.8, 4) is 0 Å². The molecule has 0 spiro atoms. The second-order valence-electron chi connectivity index (χ2n) is 7.51. The number of hydrogen-bond donors (Lipinski definition) is 1. The van der Waals surface area contributed by atoms with Crippen LogP contribution in [-0.2, 0) is 0 Å². The van der Waals surface area contributed by atoms with E-state index >= 15 is 0 Å². The monoisotopic (exact) mass is 363 g/mol. The second kappa shape index (κ2) is 9.83. The topological polar surface area (TPSA) is 74.5 Å². The lowest BCUT2D eigenvalue weighted by molar-refractivity contribution is 0.0761. The molecule has 1 fully saturated rings. The molecule has 0 radical (unpaired) electrons. The Morgan fingerprint density at radius 1 is 1.42 bits per heavy atom. The van der Waals surface area contributed by atoms with Crippen LogP contribution in [0.3, 0.4) is 0 Å². The van der Waals surface area contributed by atoms with E-state index in [1.807, 2.05) is 4.68 Å². The SMILES string of the molecule is CC(C)=CCC[C@H](C)N1CCC(n2cc(C(=O)N(C)CCO)nn2)CC1. The predicted octanol–water partition coefficient (Wildman–Crippen LogP) is 2.11. The maximum atomic E-state index is 12.2. The maximum Gasteiger partial charge on any atom is 0.275 e. The lowest BCUT2D eigenvalue weighted by Gasteiger charge is -2.35. The van der Waals surface area contributed by atoms with Gasteiger partial charge in [0.05, 0.1) is 18.8 Å². The van der Waals surface area contributed by atoms with Crippen LogP contribution >= 0.6 is 0 Å². The van der Waals surface area contributed by atoms with E-state index in [1.54, 1.807) is 13.2 Å². The van der Waals surface area contributed by atoms with Crippen LogP contribution in [0.2, 0.25) is 0 Å². The summed E-state index contributed by atoms with van der Waals surface area (Å²) in [7, 11) is 1.66. The number of carbonyl (C=O) groups is 1.